The van der Waals surface area contributed by atoms with Gasteiger partial charge in [-0.25, -0.2) is 17.9 Å². The number of ether oxygens (including phenoxy) is 1. The van der Waals surface area contributed by atoms with Gasteiger partial charge in [-0.15, -0.1) is 0 Å². The number of benzene rings is 1. The van der Waals surface area contributed by atoms with Crippen molar-refractivity contribution < 1.29 is 17.9 Å². The van der Waals surface area contributed by atoms with Crippen LogP contribution in [0.4, 0.5) is 0 Å². The Morgan fingerprint density at radius 3 is 2.96 bits per heavy atom. The van der Waals surface area contributed by atoms with Crippen molar-refractivity contribution in [3.63, 3.8) is 0 Å². The summed E-state index contributed by atoms with van der Waals surface area (Å²) in [7, 11) is -2.25. The first-order chi connectivity index (χ1) is 11.5. The Labute approximate surface area is 141 Å². The number of hydrogen-bond acceptors (Lipinski definition) is 4. The second kappa shape index (κ2) is 6.78. The minimum absolute atomic E-state index is 0.0154. The van der Waals surface area contributed by atoms with Crippen molar-refractivity contribution in [2.75, 3.05) is 13.7 Å². The lowest BCUT2D eigenvalue weighted by atomic mass is 9.98. The molecule has 0 fully saturated rings. The van der Waals surface area contributed by atoms with Gasteiger partial charge in [0, 0.05) is 6.20 Å². The smallest absolute Gasteiger partial charge is 0.354 e. The number of carbonyl (C=O) groups excluding carboxylic acids is 1. The van der Waals surface area contributed by atoms with Gasteiger partial charge in [-0.05, 0) is 49.4 Å². The highest BCUT2D eigenvalue weighted by atomic mass is 32.2. The summed E-state index contributed by atoms with van der Waals surface area (Å²) in [6, 6.07) is 9.63. The Bertz CT molecular complexity index is 842. The predicted molar refractivity (Wildman–Crippen MR) is 89.4 cm³/mol. The molecular formula is C17H20N2O4S. The van der Waals surface area contributed by atoms with Gasteiger partial charge in [0.2, 0.25) is 10.0 Å². The molecule has 1 atom stereocenters. The van der Waals surface area contributed by atoms with E-state index in [9.17, 15) is 13.2 Å². The lowest BCUT2D eigenvalue weighted by Crippen LogP contribution is -2.17. The molecule has 0 spiro atoms. The zero-order chi connectivity index (χ0) is 17.2. The molecule has 1 heterocycles. The summed E-state index contributed by atoms with van der Waals surface area (Å²) in [4.78, 5) is 14.7. The SMILES string of the molecule is CNS(=O)(=O)c1c[nH]c(C(=O)OCCC2CCc3ccccc32)c1. The molecule has 0 saturated heterocycles. The lowest BCUT2D eigenvalue weighted by molar-refractivity contribution is 0.0487. The van der Waals surface area contributed by atoms with Crippen molar-refractivity contribution in [3.05, 3.63) is 53.3 Å². The van der Waals surface area contributed by atoms with Gasteiger partial charge >= 0.3 is 5.97 Å². The number of aromatic nitrogens is 1. The highest BCUT2D eigenvalue weighted by Gasteiger charge is 2.22. The Hall–Kier alpha value is -2.12. The molecule has 0 aliphatic heterocycles. The molecule has 2 aromatic rings. The minimum atomic E-state index is -3.57. The molecule has 1 aromatic heterocycles. The number of H-pyrrole nitrogens is 1. The molecule has 1 aliphatic rings. The van der Waals surface area contributed by atoms with Crippen LogP contribution in [0.2, 0.25) is 0 Å². The Balaban J connectivity index is 1.55. The second-order valence-electron chi connectivity index (χ2n) is 5.82. The Morgan fingerprint density at radius 2 is 2.17 bits per heavy atom. The number of fused-ring (bicyclic) bond motifs is 1. The van der Waals surface area contributed by atoms with Gasteiger partial charge in [-0.3, -0.25) is 0 Å². The van der Waals surface area contributed by atoms with E-state index in [4.69, 9.17) is 4.74 Å². The maximum Gasteiger partial charge on any atom is 0.354 e. The number of hydrogen-bond donors (Lipinski definition) is 2. The van der Waals surface area contributed by atoms with Crippen molar-refractivity contribution in [1.82, 2.24) is 9.71 Å². The lowest BCUT2D eigenvalue weighted by Gasteiger charge is -2.11. The zero-order valence-electron chi connectivity index (χ0n) is 13.4. The molecule has 128 valence electrons. The van der Waals surface area contributed by atoms with Crippen LogP contribution < -0.4 is 4.72 Å². The number of rotatable bonds is 6. The average molecular weight is 348 g/mol. The van der Waals surface area contributed by atoms with Crippen molar-refractivity contribution in [2.45, 2.75) is 30.1 Å². The van der Waals surface area contributed by atoms with Gasteiger partial charge in [-0.2, -0.15) is 0 Å². The summed E-state index contributed by atoms with van der Waals surface area (Å²) in [5, 5.41) is 0. The Morgan fingerprint density at radius 1 is 1.38 bits per heavy atom. The number of aryl methyl sites for hydroxylation is 1. The van der Waals surface area contributed by atoms with Crippen LogP contribution in [0.25, 0.3) is 0 Å². The van der Waals surface area contributed by atoms with Crippen LogP contribution in [0.3, 0.4) is 0 Å². The number of sulfonamides is 1. The Kier molecular flexibility index (Phi) is 4.73. The van der Waals surface area contributed by atoms with Crippen LogP contribution in [-0.2, 0) is 21.2 Å². The molecule has 1 aliphatic carbocycles. The zero-order valence-corrected chi connectivity index (χ0v) is 14.2. The summed E-state index contributed by atoms with van der Waals surface area (Å²) in [6.07, 6.45) is 4.18. The highest BCUT2D eigenvalue weighted by Crippen LogP contribution is 2.35. The summed E-state index contributed by atoms with van der Waals surface area (Å²) in [5.41, 5.74) is 2.85. The third-order valence-corrected chi connectivity index (χ3v) is 5.81. The molecule has 6 nitrogen and oxygen atoms in total. The number of esters is 1. The summed E-state index contributed by atoms with van der Waals surface area (Å²) < 4.78 is 30.8. The molecule has 0 saturated carbocycles. The third-order valence-electron chi connectivity index (χ3n) is 4.41. The van der Waals surface area contributed by atoms with Gasteiger partial charge in [0.05, 0.1) is 6.61 Å². The van der Waals surface area contributed by atoms with Crippen LogP contribution in [-0.4, -0.2) is 33.0 Å². The van der Waals surface area contributed by atoms with E-state index in [-0.39, 0.29) is 10.6 Å². The summed E-state index contributed by atoms with van der Waals surface area (Å²) in [5.74, 6) is -0.128. The first-order valence-corrected chi connectivity index (χ1v) is 9.36. The molecule has 24 heavy (non-hydrogen) atoms. The van der Waals surface area contributed by atoms with Gasteiger partial charge in [-0.1, -0.05) is 24.3 Å². The molecule has 2 N–H and O–H groups in total. The third kappa shape index (κ3) is 3.37. The van der Waals surface area contributed by atoms with Crippen molar-refractivity contribution in [2.24, 2.45) is 0 Å². The minimum Gasteiger partial charge on any atom is -0.461 e. The van der Waals surface area contributed by atoms with Crippen LogP contribution in [0.15, 0.2) is 41.4 Å². The van der Waals surface area contributed by atoms with Gasteiger partial charge in [0.15, 0.2) is 0 Å². The van der Waals surface area contributed by atoms with Crippen molar-refractivity contribution >= 4 is 16.0 Å². The van der Waals surface area contributed by atoms with Gasteiger partial charge in [0.1, 0.15) is 10.6 Å². The number of aromatic amines is 1. The fourth-order valence-corrected chi connectivity index (χ4v) is 3.80. The topological polar surface area (TPSA) is 88.3 Å². The maximum absolute atomic E-state index is 12.0. The molecule has 0 radical (unpaired) electrons. The van der Waals surface area contributed by atoms with Crippen molar-refractivity contribution in [3.8, 4) is 0 Å². The quantitative estimate of drug-likeness (QED) is 0.783. The summed E-state index contributed by atoms with van der Waals surface area (Å²) >= 11 is 0. The fourth-order valence-electron chi connectivity index (χ4n) is 3.08. The molecule has 7 heteroatoms. The largest absolute Gasteiger partial charge is 0.461 e. The van der Waals surface area contributed by atoms with E-state index in [0.29, 0.717) is 12.5 Å². The van der Waals surface area contributed by atoms with Crippen LogP contribution >= 0.6 is 0 Å². The molecule has 0 bridgehead atoms. The highest BCUT2D eigenvalue weighted by molar-refractivity contribution is 7.89. The van der Waals surface area contributed by atoms with Crippen LogP contribution in [0.1, 0.15) is 40.4 Å². The second-order valence-corrected chi connectivity index (χ2v) is 7.70. The van der Waals surface area contributed by atoms with Crippen LogP contribution in [0.5, 0.6) is 0 Å². The number of carbonyl (C=O) groups is 1. The fraction of sp³-hybridized carbons (Fsp3) is 0.353. The van der Waals surface area contributed by atoms with Gasteiger partial charge < -0.3 is 9.72 Å². The molecule has 1 aromatic carbocycles. The summed E-state index contributed by atoms with van der Waals surface area (Å²) in [6.45, 7) is 0.310. The van der Waals surface area contributed by atoms with E-state index in [1.54, 1.807) is 0 Å². The predicted octanol–water partition coefficient (Wildman–Crippen LogP) is 2.20. The first kappa shape index (κ1) is 16.7. The normalized spacial score (nSPS) is 16.8. The van der Waals surface area contributed by atoms with E-state index in [1.165, 1.54) is 30.4 Å². The standard InChI is InChI=1S/C17H20N2O4S/c1-18-24(21,22)14-10-16(19-11-14)17(20)23-9-8-13-7-6-12-4-2-3-5-15(12)13/h2-5,10-11,13,18-19H,6-9H2,1H3. The molecule has 0 amide bonds. The maximum atomic E-state index is 12.0. The average Bonchev–Trinajstić information content (AvgIpc) is 3.23. The first-order valence-electron chi connectivity index (χ1n) is 7.88. The molecule has 1 unspecified atom stereocenters. The van der Waals surface area contributed by atoms with Crippen LogP contribution in [0, 0.1) is 0 Å². The van der Waals surface area contributed by atoms with Crippen molar-refractivity contribution in [1.29, 1.82) is 0 Å². The van der Waals surface area contributed by atoms with Gasteiger partial charge in [0.25, 0.3) is 0 Å². The molecular weight excluding hydrogens is 328 g/mol. The molecule has 3 rings (SSSR count). The number of nitrogens with one attached hydrogen (secondary N) is 2. The monoisotopic (exact) mass is 348 g/mol. The van der Waals surface area contributed by atoms with E-state index in [2.05, 4.69) is 21.8 Å². The van der Waals surface area contributed by atoms with E-state index in [0.717, 1.165) is 19.3 Å². The van der Waals surface area contributed by atoms with E-state index >= 15 is 0 Å². The van der Waals surface area contributed by atoms with E-state index < -0.39 is 16.0 Å². The van der Waals surface area contributed by atoms with E-state index in [1.807, 2.05) is 12.1 Å².